The number of nitrogens with zero attached hydrogens (tertiary/aromatic N) is 2. The largest absolute Gasteiger partial charge is 0.391 e. The van der Waals surface area contributed by atoms with Crippen molar-refractivity contribution in [3.63, 3.8) is 0 Å². The maximum absolute atomic E-state index is 12.6. The molecule has 1 rings (SSSR count). The Kier molecular flexibility index (Phi) is 5.22. The molecule has 0 bridgehead atoms. The van der Waals surface area contributed by atoms with E-state index < -0.39 is 17.6 Å². The Bertz CT molecular complexity index is 327. The zero-order chi connectivity index (χ0) is 14.7. The van der Waals surface area contributed by atoms with Gasteiger partial charge in [-0.25, -0.2) is 0 Å². The lowest BCUT2D eigenvalue weighted by Crippen LogP contribution is -2.54. The fraction of sp³-hybridized carbons (Fsp3) is 0.923. The van der Waals surface area contributed by atoms with Gasteiger partial charge in [-0.1, -0.05) is 0 Å². The summed E-state index contributed by atoms with van der Waals surface area (Å²) in [5.74, 6) is -1.19. The lowest BCUT2D eigenvalue weighted by molar-refractivity contribution is -0.185. The van der Waals surface area contributed by atoms with Gasteiger partial charge in [-0.3, -0.25) is 5.32 Å². The fourth-order valence-electron chi connectivity index (χ4n) is 2.62. The van der Waals surface area contributed by atoms with Crippen LogP contribution in [-0.4, -0.2) is 42.3 Å². The van der Waals surface area contributed by atoms with E-state index in [0.717, 1.165) is 0 Å². The zero-order valence-electron chi connectivity index (χ0n) is 11.7. The zero-order valence-corrected chi connectivity index (χ0v) is 11.7. The Morgan fingerprint density at radius 3 is 2.21 bits per heavy atom. The Labute approximate surface area is 112 Å². The molecule has 19 heavy (non-hydrogen) atoms. The van der Waals surface area contributed by atoms with Crippen LogP contribution in [0.2, 0.25) is 0 Å². The van der Waals surface area contributed by atoms with Gasteiger partial charge >= 0.3 is 6.18 Å². The van der Waals surface area contributed by atoms with Crippen molar-refractivity contribution in [2.24, 2.45) is 5.92 Å². The van der Waals surface area contributed by atoms with Gasteiger partial charge in [-0.05, 0) is 46.7 Å². The molecule has 0 saturated carbocycles. The predicted molar refractivity (Wildman–Crippen MR) is 67.5 cm³/mol. The molecule has 1 heterocycles. The van der Waals surface area contributed by atoms with Crippen LogP contribution in [0.4, 0.5) is 13.2 Å². The second-order valence-electron chi connectivity index (χ2n) is 5.83. The van der Waals surface area contributed by atoms with Crippen LogP contribution in [0, 0.1) is 17.2 Å². The molecule has 0 aromatic heterocycles. The molecule has 0 aromatic rings. The number of halogens is 3. The van der Waals surface area contributed by atoms with Gasteiger partial charge in [0, 0.05) is 12.6 Å². The number of hydrogen-bond donors (Lipinski definition) is 1. The van der Waals surface area contributed by atoms with Gasteiger partial charge < -0.3 is 4.90 Å². The van der Waals surface area contributed by atoms with E-state index in [2.05, 4.69) is 11.4 Å². The average Bonchev–Trinajstić information content (AvgIpc) is 2.27. The number of nitrogens with one attached hydrogen (secondary N) is 1. The Balaban J connectivity index is 2.50. The Morgan fingerprint density at radius 1 is 1.32 bits per heavy atom. The van der Waals surface area contributed by atoms with Crippen LogP contribution < -0.4 is 5.32 Å². The summed E-state index contributed by atoms with van der Waals surface area (Å²) in [6, 6.07) is 2.39. The van der Waals surface area contributed by atoms with Crippen LogP contribution in [0.15, 0.2) is 0 Å². The molecule has 1 unspecified atom stereocenters. The topological polar surface area (TPSA) is 39.1 Å². The summed E-state index contributed by atoms with van der Waals surface area (Å²) in [6.45, 7) is 6.97. The van der Waals surface area contributed by atoms with Gasteiger partial charge in [0.1, 0.15) is 5.54 Å². The van der Waals surface area contributed by atoms with E-state index in [9.17, 15) is 18.4 Å². The molecule has 1 atom stereocenters. The highest BCUT2D eigenvalue weighted by Gasteiger charge is 2.41. The van der Waals surface area contributed by atoms with E-state index in [1.807, 2.05) is 18.7 Å². The quantitative estimate of drug-likeness (QED) is 0.858. The lowest BCUT2D eigenvalue weighted by Gasteiger charge is -2.37. The average molecular weight is 277 g/mol. The third kappa shape index (κ3) is 5.00. The van der Waals surface area contributed by atoms with E-state index in [0.29, 0.717) is 19.6 Å². The van der Waals surface area contributed by atoms with Gasteiger partial charge in [0.2, 0.25) is 0 Å². The van der Waals surface area contributed by atoms with Crippen LogP contribution in [-0.2, 0) is 0 Å². The number of likely N-dealkylation sites (tertiary alicyclic amines) is 1. The lowest BCUT2D eigenvalue weighted by atomic mass is 9.94. The van der Waals surface area contributed by atoms with Crippen LogP contribution >= 0.6 is 0 Å². The summed E-state index contributed by atoms with van der Waals surface area (Å²) in [6.07, 6.45) is -3.82. The van der Waals surface area contributed by atoms with Crippen molar-refractivity contribution in [3.8, 4) is 6.07 Å². The third-order valence-corrected chi connectivity index (χ3v) is 3.44. The maximum Gasteiger partial charge on any atom is 0.391 e. The molecule has 1 N–H and O–H groups in total. The van der Waals surface area contributed by atoms with Crippen molar-refractivity contribution in [2.75, 3.05) is 19.6 Å². The molecule has 0 aromatic carbocycles. The molecule has 110 valence electrons. The molecule has 0 spiro atoms. The summed E-state index contributed by atoms with van der Waals surface area (Å²) in [5.41, 5.74) is -0.709. The van der Waals surface area contributed by atoms with E-state index >= 15 is 0 Å². The van der Waals surface area contributed by atoms with Gasteiger partial charge in [0.25, 0.3) is 0 Å². The smallest absolute Gasteiger partial charge is 0.300 e. The van der Waals surface area contributed by atoms with Crippen molar-refractivity contribution in [3.05, 3.63) is 0 Å². The number of nitriles is 1. The minimum atomic E-state index is -4.08. The van der Waals surface area contributed by atoms with Gasteiger partial charge in [0.15, 0.2) is 0 Å². The highest BCUT2D eigenvalue weighted by Crippen LogP contribution is 2.34. The first kappa shape index (κ1) is 16.3. The fourth-order valence-corrected chi connectivity index (χ4v) is 2.62. The van der Waals surface area contributed by atoms with E-state index in [1.165, 1.54) is 0 Å². The molecule has 1 aliphatic heterocycles. The molecule has 6 heteroatoms. The third-order valence-electron chi connectivity index (χ3n) is 3.44. The molecule has 0 amide bonds. The summed E-state index contributed by atoms with van der Waals surface area (Å²) in [5, 5.41) is 12.4. The molecule has 0 radical (unpaired) electrons. The number of rotatable bonds is 4. The molecular formula is C13H22F3N3. The van der Waals surface area contributed by atoms with Crippen molar-refractivity contribution >= 4 is 0 Å². The predicted octanol–water partition coefficient (Wildman–Crippen LogP) is 2.54. The van der Waals surface area contributed by atoms with Gasteiger partial charge in [-0.2, -0.15) is 18.4 Å². The maximum atomic E-state index is 12.6. The van der Waals surface area contributed by atoms with Crippen molar-refractivity contribution in [1.29, 1.82) is 5.26 Å². The highest BCUT2D eigenvalue weighted by atomic mass is 19.4. The molecule has 3 nitrogen and oxygen atoms in total. The second-order valence-corrected chi connectivity index (χ2v) is 5.83. The summed E-state index contributed by atoms with van der Waals surface area (Å²) in [4.78, 5) is 1.95. The first-order chi connectivity index (χ1) is 8.66. The van der Waals surface area contributed by atoms with Gasteiger partial charge in [-0.15, -0.1) is 0 Å². The first-order valence-electron chi connectivity index (χ1n) is 6.64. The van der Waals surface area contributed by atoms with Crippen LogP contribution in [0.25, 0.3) is 0 Å². The van der Waals surface area contributed by atoms with Crippen LogP contribution in [0.3, 0.4) is 0 Å². The highest BCUT2D eigenvalue weighted by molar-refractivity contribution is 5.06. The van der Waals surface area contributed by atoms with Crippen LogP contribution in [0.5, 0.6) is 0 Å². The van der Waals surface area contributed by atoms with Crippen molar-refractivity contribution in [1.82, 2.24) is 10.2 Å². The van der Waals surface area contributed by atoms with E-state index in [1.54, 1.807) is 6.92 Å². The molecular weight excluding hydrogens is 255 g/mol. The number of hydrogen-bond acceptors (Lipinski definition) is 3. The normalized spacial score (nSPS) is 22.2. The monoisotopic (exact) mass is 277 g/mol. The second kappa shape index (κ2) is 6.10. The van der Waals surface area contributed by atoms with E-state index in [-0.39, 0.29) is 18.9 Å². The molecule has 1 fully saturated rings. The molecule has 1 aliphatic rings. The SMILES string of the molecule is CC(C)NC(C)(C#N)CN1CCC(C(F)(F)F)CC1. The Morgan fingerprint density at radius 2 is 1.84 bits per heavy atom. The summed E-state index contributed by atoms with van der Waals surface area (Å²) < 4.78 is 37.7. The Hall–Kier alpha value is -0.800. The standard InChI is InChI=1S/C13H22F3N3/c1-10(2)18-12(3,8-17)9-19-6-4-11(5-7-19)13(14,15)16/h10-11,18H,4-7,9H2,1-3H3. The number of alkyl halides is 3. The minimum Gasteiger partial charge on any atom is -0.300 e. The first-order valence-corrected chi connectivity index (χ1v) is 6.64. The molecule has 0 aliphatic carbocycles. The molecule has 1 saturated heterocycles. The van der Waals surface area contributed by atoms with Crippen LogP contribution in [0.1, 0.15) is 33.6 Å². The minimum absolute atomic E-state index is 0.132. The van der Waals surface area contributed by atoms with Crippen molar-refractivity contribution < 1.29 is 13.2 Å². The van der Waals surface area contributed by atoms with E-state index in [4.69, 9.17) is 0 Å². The van der Waals surface area contributed by atoms with Gasteiger partial charge in [0.05, 0.1) is 12.0 Å². The number of piperidine rings is 1. The summed E-state index contributed by atoms with van der Waals surface area (Å²) in [7, 11) is 0. The van der Waals surface area contributed by atoms with Crippen molar-refractivity contribution in [2.45, 2.75) is 51.4 Å². The summed E-state index contributed by atoms with van der Waals surface area (Å²) >= 11 is 0.